The van der Waals surface area contributed by atoms with Crippen LogP contribution in [0.15, 0.2) is 18.2 Å². The van der Waals surface area contributed by atoms with Gasteiger partial charge in [0.25, 0.3) is 5.69 Å². The quantitative estimate of drug-likeness (QED) is 0.457. The van der Waals surface area contributed by atoms with E-state index in [1.165, 1.54) is 6.07 Å². The third-order valence-electron chi connectivity index (χ3n) is 2.51. The average Bonchev–Trinajstić information content (AvgIpc) is 2.36. The maximum Gasteiger partial charge on any atom is 0.293 e. The van der Waals surface area contributed by atoms with Gasteiger partial charge in [-0.25, -0.2) is 0 Å². The first-order valence-corrected chi connectivity index (χ1v) is 5.57. The van der Waals surface area contributed by atoms with E-state index in [9.17, 15) is 14.9 Å². The van der Waals surface area contributed by atoms with Gasteiger partial charge < -0.3 is 10.1 Å². The first-order valence-electron chi connectivity index (χ1n) is 5.57. The summed E-state index contributed by atoms with van der Waals surface area (Å²) in [5, 5.41) is 14.0. The van der Waals surface area contributed by atoms with Crippen molar-refractivity contribution >= 4 is 17.7 Å². The molecule has 0 radical (unpaired) electrons. The normalized spacial score (nSPS) is 11.9. The second-order valence-corrected chi connectivity index (χ2v) is 3.98. The Hall–Kier alpha value is -1.95. The molecule has 1 N–H and O–H groups in total. The van der Waals surface area contributed by atoms with E-state index in [1.54, 1.807) is 19.2 Å². The van der Waals surface area contributed by atoms with Crippen LogP contribution in [0, 0.1) is 10.1 Å². The smallest absolute Gasteiger partial charge is 0.293 e. The lowest BCUT2D eigenvalue weighted by atomic mass is 10.1. The topological polar surface area (TPSA) is 81.5 Å². The second-order valence-electron chi connectivity index (χ2n) is 3.98. The van der Waals surface area contributed by atoms with Crippen molar-refractivity contribution in [2.75, 3.05) is 19.0 Å². The molecule has 18 heavy (non-hydrogen) atoms. The molecule has 0 amide bonds. The number of hydrogen-bond donors (Lipinski definition) is 1. The molecule has 0 bridgehead atoms. The van der Waals surface area contributed by atoms with Gasteiger partial charge in [0.1, 0.15) is 12.0 Å². The molecular formula is C12H16N2O4. The molecule has 0 saturated heterocycles. The van der Waals surface area contributed by atoms with Gasteiger partial charge in [-0.05, 0) is 25.5 Å². The molecule has 0 saturated carbocycles. The van der Waals surface area contributed by atoms with Crippen molar-refractivity contribution in [3.05, 3.63) is 33.9 Å². The zero-order valence-electron chi connectivity index (χ0n) is 10.4. The highest BCUT2D eigenvalue weighted by Gasteiger charge is 2.16. The van der Waals surface area contributed by atoms with Crippen LogP contribution in [-0.4, -0.2) is 31.0 Å². The lowest BCUT2D eigenvalue weighted by Gasteiger charge is -2.14. The van der Waals surface area contributed by atoms with E-state index in [1.807, 2.05) is 6.92 Å². The van der Waals surface area contributed by atoms with Crippen molar-refractivity contribution in [3.8, 4) is 0 Å². The zero-order chi connectivity index (χ0) is 13.5. The van der Waals surface area contributed by atoms with Crippen LogP contribution in [0.5, 0.6) is 0 Å². The minimum absolute atomic E-state index is 0.0470. The van der Waals surface area contributed by atoms with Crippen LogP contribution in [0.3, 0.4) is 0 Å². The maximum absolute atomic E-state index is 10.9. The fraction of sp³-hybridized carbons (Fsp3) is 0.417. The van der Waals surface area contributed by atoms with Crippen LogP contribution in [0.25, 0.3) is 0 Å². The summed E-state index contributed by atoms with van der Waals surface area (Å²) in [4.78, 5) is 21.0. The molecule has 0 aliphatic rings. The van der Waals surface area contributed by atoms with Gasteiger partial charge in [-0.2, -0.15) is 0 Å². The number of nitrogens with zero attached hydrogens (tertiary/aromatic N) is 1. The number of carbonyl (C=O) groups excluding carboxylic acids is 1. The molecule has 0 aromatic heterocycles. The molecule has 1 atom stereocenters. The summed E-state index contributed by atoms with van der Waals surface area (Å²) in [7, 11) is 1.61. The van der Waals surface area contributed by atoms with Gasteiger partial charge in [0.2, 0.25) is 0 Å². The Balaban J connectivity index is 2.87. The molecule has 0 fully saturated rings. The van der Waals surface area contributed by atoms with Crippen molar-refractivity contribution in [2.24, 2.45) is 0 Å². The summed E-state index contributed by atoms with van der Waals surface area (Å²) >= 11 is 0. The van der Waals surface area contributed by atoms with E-state index in [2.05, 4.69) is 5.32 Å². The molecule has 0 heterocycles. The van der Waals surface area contributed by atoms with Crippen molar-refractivity contribution in [3.63, 3.8) is 0 Å². The SMILES string of the molecule is COCCC(C)Nc1ccc(C=O)cc1[N+](=O)[O-]. The Morgan fingerprint density at radius 2 is 2.28 bits per heavy atom. The summed E-state index contributed by atoms with van der Waals surface area (Å²) in [5.74, 6) is 0. The van der Waals surface area contributed by atoms with Crippen molar-refractivity contribution in [1.29, 1.82) is 0 Å². The predicted molar refractivity (Wildman–Crippen MR) is 68.1 cm³/mol. The Morgan fingerprint density at radius 3 is 2.83 bits per heavy atom. The first kappa shape index (κ1) is 14.1. The average molecular weight is 252 g/mol. The highest BCUT2D eigenvalue weighted by Crippen LogP contribution is 2.26. The molecule has 0 aliphatic heterocycles. The van der Waals surface area contributed by atoms with Crippen LogP contribution < -0.4 is 5.32 Å². The number of aldehydes is 1. The fourth-order valence-electron chi connectivity index (χ4n) is 1.53. The number of anilines is 1. The number of methoxy groups -OCH3 is 1. The lowest BCUT2D eigenvalue weighted by molar-refractivity contribution is -0.384. The first-order chi connectivity index (χ1) is 8.58. The molecule has 98 valence electrons. The minimum Gasteiger partial charge on any atom is -0.385 e. The number of nitro groups is 1. The van der Waals surface area contributed by atoms with Crippen LogP contribution in [0.2, 0.25) is 0 Å². The standard InChI is InChI=1S/C12H16N2O4/c1-9(5-6-18-2)13-11-4-3-10(8-15)7-12(11)14(16)17/h3-4,7-9,13H,5-6H2,1-2H3. The number of nitrogens with one attached hydrogen (secondary N) is 1. The summed E-state index contributed by atoms with van der Waals surface area (Å²) in [6.45, 7) is 2.49. The Labute approximate surface area is 105 Å². The molecule has 0 spiro atoms. The summed E-state index contributed by atoms with van der Waals surface area (Å²) in [6.07, 6.45) is 1.33. The van der Waals surface area contributed by atoms with Gasteiger partial charge >= 0.3 is 0 Å². The number of hydrogen-bond acceptors (Lipinski definition) is 5. The van der Waals surface area contributed by atoms with Gasteiger partial charge in [-0.3, -0.25) is 14.9 Å². The van der Waals surface area contributed by atoms with Crippen LogP contribution in [-0.2, 0) is 4.74 Å². The van der Waals surface area contributed by atoms with Crippen molar-refractivity contribution in [2.45, 2.75) is 19.4 Å². The van der Waals surface area contributed by atoms with Crippen LogP contribution in [0.1, 0.15) is 23.7 Å². The molecular weight excluding hydrogens is 236 g/mol. The van der Waals surface area contributed by atoms with Crippen molar-refractivity contribution < 1.29 is 14.5 Å². The highest BCUT2D eigenvalue weighted by atomic mass is 16.6. The molecule has 1 aromatic rings. The minimum atomic E-state index is -0.502. The van der Waals surface area contributed by atoms with Crippen LogP contribution in [0.4, 0.5) is 11.4 Å². The number of nitro benzene ring substituents is 1. The Kier molecular flexibility index (Phi) is 5.26. The molecule has 1 rings (SSSR count). The van der Waals surface area contributed by atoms with Crippen molar-refractivity contribution in [1.82, 2.24) is 0 Å². The number of rotatable bonds is 7. The van der Waals surface area contributed by atoms with E-state index in [-0.39, 0.29) is 17.3 Å². The van der Waals surface area contributed by atoms with E-state index in [4.69, 9.17) is 4.74 Å². The third kappa shape index (κ3) is 3.81. The van der Waals surface area contributed by atoms with E-state index < -0.39 is 4.92 Å². The number of carbonyl (C=O) groups is 1. The van der Waals surface area contributed by atoms with Gasteiger partial charge in [0.15, 0.2) is 0 Å². The molecule has 6 heteroatoms. The largest absolute Gasteiger partial charge is 0.385 e. The second kappa shape index (κ2) is 6.70. The predicted octanol–water partition coefficient (Wildman–Crippen LogP) is 2.24. The van der Waals surface area contributed by atoms with E-state index in [0.29, 0.717) is 18.6 Å². The van der Waals surface area contributed by atoms with Gasteiger partial charge in [0.05, 0.1) is 4.92 Å². The summed E-state index contributed by atoms with van der Waals surface area (Å²) < 4.78 is 4.94. The van der Waals surface area contributed by atoms with Gasteiger partial charge in [-0.15, -0.1) is 0 Å². The Bertz CT molecular complexity index is 434. The Morgan fingerprint density at radius 1 is 1.56 bits per heavy atom. The summed E-state index contributed by atoms with van der Waals surface area (Å²) in [5.41, 5.74) is 0.606. The van der Waals surface area contributed by atoms with Crippen LogP contribution >= 0.6 is 0 Å². The van der Waals surface area contributed by atoms with E-state index in [0.717, 1.165) is 6.42 Å². The number of benzene rings is 1. The monoisotopic (exact) mass is 252 g/mol. The fourth-order valence-corrected chi connectivity index (χ4v) is 1.53. The molecule has 6 nitrogen and oxygen atoms in total. The lowest BCUT2D eigenvalue weighted by Crippen LogP contribution is -2.18. The summed E-state index contributed by atoms with van der Waals surface area (Å²) in [6, 6.07) is 4.40. The maximum atomic E-state index is 10.9. The molecule has 1 aromatic carbocycles. The van der Waals surface area contributed by atoms with E-state index >= 15 is 0 Å². The highest BCUT2D eigenvalue weighted by molar-refractivity contribution is 5.79. The third-order valence-corrected chi connectivity index (χ3v) is 2.51. The van der Waals surface area contributed by atoms with Gasteiger partial charge in [-0.1, -0.05) is 0 Å². The molecule has 0 aliphatic carbocycles. The zero-order valence-corrected chi connectivity index (χ0v) is 10.4. The number of ether oxygens (including phenoxy) is 1. The van der Waals surface area contributed by atoms with Gasteiger partial charge in [0, 0.05) is 31.4 Å². The molecule has 1 unspecified atom stereocenters.